The van der Waals surface area contributed by atoms with Crippen LogP contribution in [0.25, 0.3) is 28.4 Å². The number of aliphatic imine (C=N–C) groups is 1. The van der Waals surface area contributed by atoms with E-state index in [1.807, 2.05) is 37.5 Å². The molecule has 160 valence electrons. The molecule has 6 heteroatoms. The molecule has 3 aromatic carbocycles. The van der Waals surface area contributed by atoms with Crippen molar-refractivity contribution in [2.75, 3.05) is 0 Å². The summed E-state index contributed by atoms with van der Waals surface area (Å²) in [5.41, 5.74) is 8.05. The summed E-state index contributed by atoms with van der Waals surface area (Å²) in [7, 11) is 0. The number of hydrogen-bond acceptors (Lipinski definition) is 5. The Kier molecular flexibility index (Phi) is 4.69. The van der Waals surface area contributed by atoms with E-state index >= 15 is 0 Å². The lowest BCUT2D eigenvalue weighted by molar-refractivity contribution is 0.422. The maximum atomic E-state index is 5.50. The van der Waals surface area contributed by atoms with Crippen molar-refractivity contribution in [2.24, 2.45) is 4.99 Å². The van der Waals surface area contributed by atoms with E-state index in [0.29, 0.717) is 30.4 Å². The van der Waals surface area contributed by atoms with Gasteiger partial charge in [-0.3, -0.25) is 9.56 Å². The van der Waals surface area contributed by atoms with Crippen LogP contribution < -0.4 is 0 Å². The van der Waals surface area contributed by atoms with Gasteiger partial charge >= 0.3 is 0 Å². The van der Waals surface area contributed by atoms with Crippen LogP contribution in [0.15, 0.2) is 94.7 Å². The van der Waals surface area contributed by atoms with Gasteiger partial charge in [0.25, 0.3) is 5.89 Å². The molecule has 1 aliphatic rings. The van der Waals surface area contributed by atoms with Crippen molar-refractivity contribution in [3.8, 4) is 28.4 Å². The van der Waals surface area contributed by atoms with E-state index in [0.717, 1.165) is 33.8 Å². The summed E-state index contributed by atoms with van der Waals surface area (Å²) in [6.07, 6.45) is 2.53. The van der Waals surface area contributed by atoms with E-state index in [2.05, 4.69) is 74.3 Å². The fraction of sp³-hybridized carbons (Fsp3) is 0.111. The Morgan fingerprint density at radius 2 is 1.64 bits per heavy atom. The number of aromatic nitrogens is 4. The zero-order valence-electron chi connectivity index (χ0n) is 18.1. The molecule has 0 aliphatic carbocycles. The van der Waals surface area contributed by atoms with Crippen LogP contribution in [0.5, 0.6) is 0 Å². The topological polar surface area (TPSA) is 69.1 Å². The smallest absolute Gasteiger partial charge is 0.278 e. The van der Waals surface area contributed by atoms with Crippen molar-refractivity contribution in [1.29, 1.82) is 0 Å². The Bertz CT molecular complexity index is 1470. The SMILES string of the molecule is CCc1noc(-c2ncn3c2CN=C(c2ccccc2)c2cc(-c4ccccc4)ccc2-3)n1. The predicted octanol–water partition coefficient (Wildman–Crippen LogP) is 5.50. The summed E-state index contributed by atoms with van der Waals surface area (Å²) in [6.45, 7) is 2.46. The first-order valence-corrected chi connectivity index (χ1v) is 11.0. The highest BCUT2D eigenvalue weighted by Gasteiger charge is 2.25. The van der Waals surface area contributed by atoms with Crippen LogP contribution in [0.3, 0.4) is 0 Å². The van der Waals surface area contributed by atoms with Gasteiger partial charge in [0.2, 0.25) is 0 Å². The molecular weight excluding hydrogens is 410 g/mol. The molecule has 0 spiro atoms. The van der Waals surface area contributed by atoms with Gasteiger partial charge in [0.05, 0.1) is 23.6 Å². The number of rotatable bonds is 4. The van der Waals surface area contributed by atoms with Gasteiger partial charge in [0.1, 0.15) is 6.33 Å². The van der Waals surface area contributed by atoms with E-state index in [1.54, 1.807) is 0 Å². The molecule has 6 rings (SSSR count). The highest BCUT2D eigenvalue weighted by atomic mass is 16.5. The number of benzene rings is 3. The van der Waals surface area contributed by atoms with Crippen LogP contribution in [0.1, 0.15) is 29.6 Å². The Hall–Kier alpha value is -4.32. The molecule has 0 N–H and O–H groups in total. The highest BCUT2D eigenvalue weighted by molar-refractivity contribution is 6.15. The normalized spacial score (nSPS) is 12.6. The third kappa shape index (κ3) is 3.36. The van der Waals surface area contributed by atoms with Gasteiger partial charge in [0.15, 0.2) is 11.5 Å². The lowest BCUT2D eigenvalue weighted by Gasteiger charge is -2.14. The second-order valence-electron chi connectivity index (χ2n) is 7.91. The molecule has 0 saturated carbocycles. The Morgan fingerprint density at radius 3 is 2.36 bits per heavy atom. The maximum absolute atomic E-state index is 5.50. The van der Waals surface area contributed by atoms with Crippen molar-refractivity contribution < 1.29 is 4.52 Å². The minimum Gasteiger partial charge on any atom is -0.332 e. The zero-order valence-corrected chi connectivity index (χ0v) is 18.1. The Balaban J connectivity index is 1.56. The zero-order chi connectivity index (χ0) is 22.2. The molecule has 0 radical (unpaired) electrons. The van der Waals surface area contributed by atoms with E-state index in [-0.39, 0.29) is 0 Å². The molecule has 0 bridgehead atoms. The summed E-state index contributed by atoms with van der Waals surface area (Å²) in [5.74, 6) is 1.10. The van der Waals surface area contributed by atoms with Gasteiger partial charge in [-0.15, -0.1) is 0 Å². The molecule has 0 saturated heterocycles. The lowest BCUT2D eigenvalue weighted by Crippen LogP contribution is -2.07. The summed E-state index contributed by atoms with van der Waals surface area (Å²) >= 11 is 0. The second-order valence-corrected chi connectivity index (χ2v) is 7.91. The highest BCUT2D eigenvalue weighted by Crippen LogP contribution is 2.33. The van der Waals surface area contributed by atoms with E-state index in [1.165, 1.54) is 5.56 Å². The van der Waals surface area contributed by atoms with Gasteiger partial charge < -0.3 is 4.52 Å². The van der Waals surface area contributed by atoms with Crippen molar-refractivity contribution >= 4 is 5.71 Å². The Labute approximate surface area is 191 Å². The van der Waals surface area contributed by atoms with Crippen LogP contribution in [-0.2, 0) is 13.0 Å². The van der Waals surface area contributed by atoms with Gasteiger partial charge in [-0.25, -0.2) is 4.98 Å². The van der Waals surface area contributed by atoms with Gasteiger partial charge in [-0.1, -0.05) is 78.8 Å². The molecule has 33 heavy (non-hydrogen) atoms. The quantitative estimate of drug-likeness (QED) is 0.377. The lowest BCUT2D eigenvalue weighted by atomic mass is 9.96. The third-order valence-electron chi connectivity index (χ3n) is 5.91. The molecule has 0 atom stereocenters. The van der Waals surface area contributed by atoms with Gasteiger partial charge in [0, 0.05) is 17.5 Å². The molecule has 3 heterocycles. The summed E-state index contributed by atoms with van der Waals surface area (Å²) in [4.78, 5) is 14.2. The van der Waals surface area contributed by atoms with E-state index < -0.39 is 0 Å². The van der Waals surface area contributed by atoms with Crippen molar-refractivity contribution in [3.05, 3.63) is 108 Å². The summed E-state index contributed by atoms with van der Waals surface area (Å²) in [5, 5.41) is 4.04. The van der Waals surface area contributed by atoms with Crippen molar-refractivity contribution in [3.63, 3.8) is 0 Å². The number of fused-ring (bicyclic) bond motifs is 3. The molecule has 2 aromatic heterocycles. The average molecular weight is 431 g/mol. The molecule has 0 unspecified atom stereocenters. The predicted molar refractivity (Wildman–Crippen MR) is 127 cm³/mol. The molecule has 5 aromatic rings. The summed E-state index contributed by atoms with van der Waals surface area (Å²) in [6, 6.07) is 27.2. The summed E-state index contributed by atoms with van der Waals surface area (Å²) < 4.78 is 7.59. The first-order chi connectivity index (χ1) is 16.3. The fourth-order valence-electron chi connectivity index (χ4n) is 4.23. The largest absolute Gasteiger partial charge is 0.332 e. The minimum atomic E-state index is 0.432. The third-order valence-corrected chi connectivity index (χ3v) is 5.91. The first-order valence-electron chi connectivity index (χ1n) is 11.0. The van der Waals surface area contributed by atoms with Crippen molar-refractivity contribution in [1.82, 2.24) is 19.7 Å². The van der Waals surface area contributed by atoms with Crippen LogP contribution in [0.4, 0.5) is 0 Å². The minimum absolute atomic E-state index is 0.432. The molecule has 0 amide bonds. The molecule has 1 aliphatic heterocycles. The standard InChI is InChI=1S/C27H21N5O/c1-2-24-30-27(33-31-24)26-23-16-28-25(19-11-7-4-8-12-19)21-15-20(18-9-5-3-6-10-18)13-14-22(21)32(23)17-29-26/h3-15,17H,2,16H2,1H3. The monoisotopic (exact) mass is 431 g/mol. The van der Waals surface area contributed by atoms with Crippen LogP contribution in [0, 0.1) is 0 Å². The molecular formula is C27H21N5O. The van der Waals surface area contributed by atoms with Gasteiger partial charge in [-0.05, 0) is 23.3 Å². The number of nitrogens with zero attached hydrogens (tertiary/aromatic N) is 5. The second kappa shape index (κ2) is 7.98. The molecule has 0 fully saturated rings. The van der Waals surface area contributed by atoms with Crippen LogP contribution in [-0.4, -0.2) is 25.4 Å². The first kappa shape index (κ1) is 19.4. The van der Waals surface area contributed by atoms with E-state index in [4.69, 9.17) is 9.52 Å². The number of hydrogen-bond donors (Lipinski definition) is 0. The average Bonchev–Trinajstić information content (AvgIpc) is 3.49. The van der Waals surface area contributed by atoms with Crippen LogP contribution >= 0.6 is 0 Å². The fourth-order valence-corrected chi connectivity index (χ4v) is 4.23. The van der Waals surface area contributed by atoms with Gasteiger partial charge in [-0.2, -0.15) is 4.98 Å². The van der Waals surface area contributed by atoms with Crippen molar-refractivity contribution in [2.45, 2.75) is 19.9 Å². The van der Waals surface area contributed by atoms with Crippen LogP contribution in [0.2, 0.25) is 0 Å². The number of aryl methyl sites for hydroxylation is 1. The van der Waals surface area contributed by atoms with E-state index in [9.17, 15) is 0 Å². The maximum Gasteiger partial charge on any atom is 0.278 e. The Morgan fingerprint density at radius 1 is 0.879 bits per heavy atom. The molecule has 6 nitrogen and oxygen atoms in total. The number of imidazole rings is 1.